The van der Waals surface area contributed by atoms with Gasteiger partial charge in [-0.2, -0.15) is 4.40 Å². The topological polar surface area (TPSA) is 67.5 Å². The van der Waals surface area contributed by atoms with Gasteiger partial charge in [-0.25, -0.2) is 4.21 Å². The average Bonchev–Trinajstić information content (AvgIpc) is 2.01. The number of amidine groups is 1. The van der Waals surface area contributed by atoms with Crippen LogP contribution in [0.4, 0.5) is 0 Å². The maximum atomic E-state index is 11.2. The molecule has 1 aliphatic heterocycles. The monoisotopic (exact) mass is 233 g/mol. The Morgan fingerprint density at radius 2 is 2.43 bits per heavy atom. The Bertz CT molecular complexity index is 356. The second-order valence-corrected chi connectivity index (χ2v) is 4.21. The molecule has 0 radical (unpaired) electrons. The van der Waals surface area contributed by atoms with E-state index in [-0.39, 0.29) is 5.84 Å². The van der Waals surface area contributed by atoms with Crippen molar-refractivity contribution in [1.29, 1.82) is 0 Å². The van der Waals surface area contributed by atoms with E-state index in [0.717, 1.165) is 6.42 Å². The Morgan fingerprint density at radius 3 is 2.93 bits per heavy atom. The number of hydrogen-bond donors (Lipinski definition) is 2. The van der Waals surface area contributed by atoms with E-state index in [1.54, 1.807) is 6.92 Å². The van der Waals surface area contributed by atoms with Crippen LogP contribution in [0.1, 0.15) is 20.3 Å². The van der Waals surface area contributed by atoms with Crippen LogP contribution < -0.4 is 10.5 Å². The third-order valence-corrected chi connectivity index (χ3v) is 2.60. The van der Waals surface area contributed by atoms with Crippen LogP contribution in [0.2, 0.25) is 0 Å². The normalized spacial score (nSPS) is 28.4. The second-order valence-electron chi connectivity index (χ2n) is 2.76. The minimum Gasteiger partial charge on any atom is -0.382 e. The van der Waals surface area contributed by atoms with Crippen molar-refractivity contribution in [3.8, 4) is 0 Å². The molecule has 1 heterocycles. The number of nitrogens with zero attached hydrogens (tertiary/aromatic N) is 1. The van der Waals surface area contributed by atoms with Gasteiger partial charge < -0.3 is 5.73 Å². The molecule has 0 amide bonds. The molecule has 6 heteroatoms. The molecule has 0 aliphatic carbocycles. The molecule has 1 rings (SSSR count). The van der Waals surface area contributed by atoms with Crippen molar-refractivity contribution in [2.45, 2.75) is 20.3 Å². The highest BCUT2D eigenvalue weighted by Crippen LogP contribution is 2.20. The summed E-state index contributed by atoms with van der Waals surface area (Å²) in [4.78, 5) is 0. The summed E-state index contributed by atoms with van der Waals surface area (Å²) in [6, 6.07) is 0. The second kappa shape index (κ2) is 4.61. The first kappa shape index (κ1) is 11.3. The number of nitrogens with two attached hydrogens (primary N) is 1. The fourth-order valence-corrected chi connectivity index (χ4v) is 2.04. The molecule has 0 fully saturated rings. The summed E-state index contributed by atoms with van der Waals surface area (Å²) in [6.45, 7) is 3.69. The van der Waals surface area contributed by atoms with E-state index >= 15 is 0 Å². The largest absolute Gasteiger partial charge is 0.382 e. The predicted molar refractivity (Wildman–Crippen MR) is 59.8 cm³/mol. The zero-order valence-corrected chi connectivity index (χ0v) is 9.58. The first-order valence-corrected chi connectivity index (χ1v) is 5.64. The molecule has 0 bridgehead atoms. The molecule has 3 N–H and O–H groups in total. The highest BCUT2D eigenvalue weighted by molar-refractivity contribution is 7.82. The van der Waals surface area contributed by atoms with Crippen molar-refractivity contribution in [3.05, 3.63) is 22.4 Å². The number of hydrogen-bond acceptors (Lipinski definition) is 2. The molecule has 1 unspecified atom stereocenters. The van der Waals surface area contributed by atoms with Gasteiger partial charge in [-0.3, -0.25) is 4.72 Å². The van der Waals surface area contributed by atoms with Crippen LogP contribution in [0, 0.1) is 0 Å². The number of allylic oxidation sites excluding steroid dienone is 2. The van der Waals surface area contributed by atoms with Crippen LogP contribution in [0.5, 0.6) is 0 Å². The van der Waals surface area contributed by atoms with Gasteiger partial charge in [0.1, 0.15) is 5.84 Å². The zero-order valence-electron chi connectivity index (χ0n) is 8.00. The van der Waals surface area contributed by atoms with Gasteiger partial charge in [0.05, 0.1) is 11.3 Å². The molecular formula is C8H12ClN3OS. The molecule has 78 valence electrons. The van der Waals surface area contributed by atoms with Crippen molar-refractivity contribution in [2.75, 3.05) is 0 Å². The molecule has 0 saturated heterocycles. The first-order valence-electron chi connectivity index (χ1n) is 4.16. The third-order valence-electron chi connectivity index (χ3n) is 1.66. The highest BCUT2D eigenvalue weighted by Gasteiger charge is 2.19. The van der Waals surface area contributed by atoms with Gasteiger partial charge in [0.25, 0.3) is 0 Å². The van der Waals surface area contributed by atoms with Crippen LogP contribution in [0.15, 0.2) is 26.8 Å². The number of nitrogens with one attached hydrogen (secondary N) is 1. The summed E-state index contributed by atoms with van der Waals surface area (Å²) < 4.78 is 17.5. The standard InChI is InChI=1S/C8H12ClN3OS/c1-3-4-6-7(5(2)9)8(10)12-14(13)11-6/h4,11H,3H2,1-2H3,(H2,10,12)/b6-4+,7-5-. The van der Waals surface area contributed by atoms with E-state index in [9.17, 15) is 4.21 Å². The molecule has 0 saturated carbocycles. The van der Waals surface area contributed by atoms with Gasteiger partial charge in [-0.05, 0) is 13.3 Å². The highest BCUT2D eigenvalue weighted by atomic mass is 35.5. The smallest absolute Gasteiger partial charge is 0.244 e. The lowest BCUT2D eigenvalue weighted by atomic mass is 10.1. The quantitative estimate of drug-likeness (QED) is 0.718. The van der Waals surface area contributed by atoms with E-state index in [1.165, 1.54) is 0 Å². The third kappa shape index (κ3) is 2.36. The Balaban J connectivity index is 3.22. The fraction of sp³-hybridized carbons (Fsp3) is 0.375. The van der Waals surface area contributed by atoms with Crippen LogP contribution in [-0.2, 0) is 11.2 Å². The minimum absolute atomic E-state index is 0.217. The van der Waals surface area contributed by atoms with Crippen LogP contribution in [-0.4, -0.2) is 10.0 Å². The summed E-state index contributed by atoms with van der Waals surface area (Å²) in [5, 5.41) is 0.537. The summed E-state index contributed by atoms with van der Waals surface area (Å²) in [7, 11) is 0. The van der Waals surface area contributed by atoms with E-state index in [0.29, 0.717) is 16.3 Å². The van der Waals surface area contributed by atoms with Gasteiger partial charge in [-0.15, -0.1) is 0 Å². The molecule has 1 aliphatic rings. The fourth-order valence-electron chi connectivity index (χ4n) is 1.15. The predicted octanol–water partition coefficient (Wildman–Crippen LogP) is 1.33. The molecular weight excluding hydrogens is 222 g/mol. The van der Waals surface area contributed by atoms with E-state index in [2.05, 4.69) is 9.12 Å². The molecule has 0 spiro atoms. The lowest BCUT2D eigenvalue weighted by Gasteiger charge is -2.17. The van der Waals surface area contributed by atoms with Gasteiger partial charge in [0, 0.05) is 5.03 Å². The maximum absolute atomic E-state index is 11.2. The number of rotatable bonds is 1. The maximum Gasteiger partial charge on any atom is 0.244 e. The van der Waals surface area contributed by atoms with E-state index < -0.39 is 11.2 Å². The molecule has 1 atom stereocenters. The Hall–Kier alpha value is -0.810. The summed E-state index contributed by atoms with van der Waals surface area (Å²) in [6.07, 6.45) is 2.68. The molecule has 0 aromatic carbocycles. The van der Waals surface area contributed by atoms with E-state index in [1.807, 2.05) is 13.0 Å². The Kier molecular flexibility index (Phi) is 3.71. The summed E-state index contributed by atoms with van der Waals surface area (Å²) in [5.41, 5.74) is 6.94. The average molecular weight is 234 g/mol. The lowest BCUT2D eigenvalue weighted by molar-refractivity contribution is 0.679. The number of halogens is 1. The van der Waals surface area contributed by atoms with Gasteiger partial charge >= 0.3 is 0 Å². The molecule has 0 aromatic heterocycles. The first-order chi connectivity index (χ1) is 6.56. The minimum atomic E-state index is -1.49. The summed E-state index contributed by atoms with van der Waals surface area (Å²) in [5.74, 6) is 0.217. The molecule has 0 aromatic rings. The van der Waals surface area contributed by atoms with Gasteiger partial charge in [0.15, 0.2) is 0 Å². The molecule has 4 nitrogen and oxygen atoms in total. The zero-order chi connectivity index (χ0) is 10.7. The SMILES string of the molecule is CC/C=C1/NS(=O)N=C(N)/C1=C(/C)Cl. The van der Waals surface area contributed by atoms with Crippen LogP contribution in [0.3, 0.4) is 0 Å². The van der Waals surface area contributed by atoms with Gasteiger partial charge in [0.2, 0.25) is 11.2 Å². The van der Waals surface area contributed by atoms with Crippen LogP contribution in [0.25, 0.3) is 0 Å². The Morgan fingerprint density at radius 1 is 1.79 bits per heavy atom. The van der Waals surface area contributed by atoms with E-state index in [4.69, 9.17) is 17.3 Å². The van der Waals surface area contributed by atoms with Crippen molar-refractivity contribution < 1.29 is 4.21 Å². The summed E-state index contributed by atoms with van der Waals surface area (Å²) >= 11 is 4.38. The van der Waals surface area contributed by atoms with Crippen molar-refractivity contribution in [3.63, 3.8) is 0 Å². The van der Waals surface area contributed by atoms with Crippen molar-refractivity contribution in [2.24, 2.45) is 10.1 Å². The Labute approximate surface area is 90.6 Å². The van der Waals surface area contributed by atoms with Gasteiger partial charge in [-0.1, -0.05) is 24.6 Å². The molecule has 14 heavy (non-hydrogen) atoms. The van der Waals surface area contributed by atoms with Crippen molar-refractivity contribution in [1.82, 2.24) is 4.72 Å². The van der Waals surface area contributed by atoms with Crippen LogP contribution >= 0.6 is 11.6 Å². The van der Waals surface area contributed by atoms with Crippen molar-refractivity contribution >= 4 is 28.6 Å². The lowest BCUT2D eigenvalue weighted by Crippen LogP contribution is -2.31.